The van der Waals surface area contributed by atoms with Crippen molar-refractivity contribution in [2.45, 2.75) is 37.3 Å². The van der Waals surface area contributed by atoms with Crippen molar-refractivity contribution >= 4 is 44.5 Å². The summed E-state index contributed by atoms with van der Waals surface area (Å²) in [7, 11) is -3.47. The van der Waals surface area contributed by atoms with E-state index >= 15 is 0 Å². The molecule has 28 heavy (non-hydrogen) atoms. The average molecular weight is 422 g/mol. The lowest BCUT2D eigenvalue weighted by atomic mass is 10.2. The molecule has 3 rings (SSSR count). The Hall–Kier alpha value is -2.23. The van der Waals surface area contributed by atoms with E-state index in [1.54, 1.807) is 24.3 Å². The highest BCUT2D eigenvalue weighted by molar-refractivity contribution is 7.91. The van der Waals surface area contributed by atoms with Gasteiger partial charge in [-0.3, -0.25) is 9.59 Å². The Morgan fingerprint density at radius 1 is 1.07 bits per heavy atom. The number of rotatable bonds is 6. The summed E-state index contributed by atoms with van der Waals surface area (Å²) in [5.74, 6) is -0.501. The molecule has 0 unspecified atom stereocenters. The van der Waals surface area contributed by atoms with Crippen molar-refractivity contribution < 1.29 is 18.0 Å². The lowest BCUT2D eigenvalue weighted by Gasteiger charge is -2.13. The van der Waals surface area contributed by atoms with Gasteiger partial charge < -0.3 is 10.6 Å². The largest absolute Gasteiger partial charge is 0.325 e. The van der Waals surface area contributed by atoms with E-state index in [2.05, 4.69) is 10.6 Å². The van der Waals surface area contributed by atoms with Gasteiger partial charge in [0.05, 0.1) is 17.8 Å². The first kappa shape index (κ1) is 20.5. The fourth-order valence-corrected chi connectivity index (χ4v) is 6.09. The summed E-state index contributed by atoms with van der Waals surface area (Å²) >= 11 is 1.12. The van der Waals surface area contributed by atoms with Crippen LogP contribution in [0.25, 0.3) is 0 Å². The van der Waals surface area contributed by atoms with Gasteiger partial charge in [-0.2, -0.15) is 4.31 Å². The van der Waals surface area contributed by atoms with Gasteiger partial charge in [0.25, 0.3) is 10.0 Å². The number of anilines is 2. The Kier molecular flexibility index (Phi) is 6.17. The molecule has 150 valence electrons. The van der Waals surface area contributed by atoms with E-state index in [4.69, 9.17) is 0 Å². The maximum Gasteiger partial charge on any atom is 0.252 e. The molecule has 1 aliphatic rings. The van der Waals surface area contributed by atoms with Crippen LogP contribution in [0.1, 0.15) is 30.2 Å². The molecule has 1 saturated heterocycles. The van der Waals surface area contributed by atoms with Crippen molar-refractivity contribution in [1.29, 1.82) is 0 Å². The van der Waals surface area contributed by atoms with Crippen LogP contribution < -0.4 is 10.6 Å². The lowest BCUT2D eigenvalue weighted by molar-refractivity contribution is -0.116. The topological polar surface area (TPSA) is 95.6 Å². The number of benzene rings is 1. The van der Waals surface area contributed by atoms with Crippen molar-refractivity contribution in [3.05, 3.63) is 40.8 Å². The number of sulfonamides is 1. The summed E-state index contributed by atoms with van der Waals surface area (Å²) in [6, 6.07) is 8.60. The highest BCUT2D eigenvalue weighted by Gasteiger charge is 2.28. The molecule has 2 N–H and O–H groups in total. The molecule has 9 heteroatoms. The molecule has 7 nitrogen and oxygen atoms in total. The highest BCUT2D eigenvalue weighted by atomic mass is 32.2. The molecule has 0 spiro atoms. The Morgan fingerprint density at radius 3 is 2.46 bits per heavy atom. The van der Waals surface area contributed by atoms with Gasteiger partial charge in [-0.15, -0.1) is 11.3 Å². The molecular weight excluding hydrogens is 398 g/mol. The molecule has 2 heterocycles. The number of carbonyl (C=O) groups excluding carboxylic acids is 2. The number of aryl methyl sites for hydroxylation is 1. The summed E-state index contributed by atoms with van der Waals surface area (Å²) < 4.78 is 27.0. The maximum absolute atomic E-state index is 12.6. The molecule has 0 aliphatic carbocycles. The van der Waals surface area contributed by atoms with Gasteiger partial charge in [-0.05, 0) is 49.6 Å². The molecule has 0 bridgehead atoms. The van der Waals surface area contributed by atoms with Crippen LogP contribution in [0.15, 0.2) is 34.5 Å². The second kappa shape index (κ2) is 8.42. The zero-order valence-electron chi connectivity index (χ0n) is 15.8. The van der Waals surface area contributed by atoms with Crippen LogP contribution in [0.2, 0.25) is 0 Å². The van der Waals surface area contributed by atoms with Crippen LogP contribution in [0.3, 0.4) is 0 Å². The van der Waals surface area contributed by atoms with Gasteiger partial charge in [-0.1, -0.05) is 6.07 Å². The number of amides is 2. The third-order valence-corrected chi connectivity index (χ3v) is 7.84. The minimum absolute atomic E-state index is 0.0631. The summed E-state index contributed by atoms with van der Waals surface area (Å²) in [4.78, 5) is 24.5. The summed E-state index contributed by atoms with van der Waals surface area (Å²) in [6.07, 6.45) is 1.83. The van der Waals surface area contributed by atoms with E-state index in [0.717, 1.165) is 29.7 Å². The number of carbonyl (C=O) groups is 2. The van der Waals surface area contributed by atoms with Crippen LogP contribution >= 0.6 is 11.3 Å². The predicted octanol–water partition coefficient (Wildman–Crippen LogP) is 2.98. The lowest BCUT2D eigenvalue weighted by Crippen LogP contribution is -2.27. The number of hydrogen-bond donors (Lipinski definition) is 2. The fraction of sp³-hybridized carbons (Fsp3) is 0.368. The second-order valence-corrected chi connectivity index (χ2v) is 10.1. The van der Waals surface area contributed by atoms with Crippen molar-refractivity contribution in [1.82, 2.24) is 4.31 Å². The maximum atomic E-state index is 12.6. The third kappa shape index (κ3) is 4.78. The first-order chi connectivity index (χ1) is 13.3. The zero-order chi connectivity index (χ0) is 20.3. The van der Waals surface area contributed by atoms with E-state index in [-0.39, 0.29) is 22.4 Å². The SMILES string of the molecule is CC(=O)Nc1ccc(C)cc1NC(=O)Cc1ccc(S(=O)(=O)N2CCCC2)s1. The van der Waals surface area contributed by atoms with E-state index in [1.165, 1.54) is 11.2 Å². The Labute approximate surface area is 168 Å². The Balaban J connectivity index is 1.70. The fourth-order valence-electron chi connectivity index (χ4n) is 3.06. The number of nitrogens with one attached hydrogen (secondary N) is 2. The smallest absolute Gasteiger partial charge is 0.252 e. The molecule has 2 aromatic rings. The minimum atomic E-state index is -3.47. The minimum Gasteiger partial charge on any atom is -0.325 e. The predicted molar refractivity (Wildman–Crippen MR) is 110 cm³/mol. The molecule has 1 aromatic heterocycles. The molecule has 2 amide bonds. The Bertz CT molecular complexity index is 992. The molecule has 1 fully saturated rings. The molecule has 0 radical (unpaired) electrons. The number of hydrogen-bond acceptors (Lipinski definition) is 5. The first-order valence-corrected chi connectivity index (χ1v) is 11.3. The normalized spacial score (nSPS) is 14.8. The molecule has 1 aromatic carbocycles. The molecule has 0 saturated carbocycles. The van der Waals surface area contributed by atoms with Crippen molar-refractivity contribution in [2.75, 3.05) is 23.7 Å². The molecule has 1 aliphatic heterocycles. The molecule has 0 atom stereocenters. The highest BCUT2D eigenvalue weighted by Crippen LogP contribution is 2.28. The Morgan fingerprint density at radius 2 is 1.79 bits per heavy atom. The van der Waals surface area contributed by atoms with Gasteiger partial charge in [0, 0.05) is 24.9 Å². The van der Waals surface area contributed by atoms with Crippen molar-refractivity contribution in [2.24, 2.45) is 0 Å². The first-order valence-electron chi connectivity index (χ1n) is 9.02. The monoisotopic (exact) mass is 421 g/mol. The second-order valence-electron chi connectivity index (χ2n) is 6.79. The van der Waals surface area contributed by atoms with Crippen LogP contribution in [0.4, 0.5) is 11.4 Å². The van der Waals surface area contributed by atoms with E-state index in [0.29, 0.717) is 29.3 Å². The average Bonchev–Trinajstić information content (AvgIpc) is 3.29. The van der Waals surface area contributed by atoms with Crippen LogP contribution in [0.5, 0.6) is 0 Å². The van der Waals surface area contributed by atoms with Crippen LogP contribution in [-0.4, -0.2) is 37.6 Å². The zero-order valence-corrected chi connectivity index (χ0v) is 17.5. The summed E-state index contributed by atoms with van der Waals surface area (Å²) in [5.41, 5.74) is 1.98. The van der Waals surface area contributed by atoms with Gasteiger partial charge in [-0.25, -0.2) is 8.42 Å². The van der Waals surface area contributed by atoms with Gasteiger partial charge in [0.1, 0.15) is 4.21 Å². The van der Waals surface area contributed by atoms with E-state index in [9.17, 15) is 18.0 Å². The summed E-state index contributed by atoms with van der Waals surface area (Å²) in [6.45, 7) is 4.39. The number of nitrogens with zero attached hydrogens (tertiary/aromatic N) is 1. The van der Waals surface area contributed by atoms with E-state index in [1.807, 2.05) is 13.0 Å². The van der Waals surface area contributed by atoms with Gasteiger partial charge >= 0.3 is 0 Å². The van der Waals surface area contributed by atoms with Gasteiger partial charge in [0.2, 0.25) is 11.8 Å². The van der Waals surface area contributed by atoms with Crippen LogP contribution in [-0.2, 0) is 26.0 Å². The molecular formula is C19H23N3O4S2. The quantitative estimate of drug-likeness (QED) is 0.750. The van der Waals surface area contributed by atoms with Crippen LogP contribution in [0, 0.1) is 6.92 Å². The third-order valence-electron chi connectivity index (χ3n) is 4.39. The number of thiophene rings is 1. The van der Waals surface area contributed by atoms with Crippen molar-refractivity contribution in [3.8, 4) is 0 Å². The summed E-state index contributed by atoms with van der Waals surface area (Å²) in [5, 5.41) is 5.49. The standard InChI is InChI=1S/C19H23N3O4S2/c1-13-5-7-16(20-14(2)23)17(11-13)21-18(24)12-15-6-8-19(27-15)28(25,26)22-9-3-4-10-22/h5-8,11H,3-4,9-10,12H2,1-2H3,(H,20,23)(H,21,24). The van der Waals surface area contributed by atoms with Gasteiger partial charge in [0.15, 0.2) is 0 Å². The van der Waals surface area contributed by atoms with Crippen molar-refractivity contribution in [3.63, 3.8) is 0 Å². The van der Waals surface area contributed by atoms with E-state index < -0.39 is 10.0 Å².